The fourth-order valence-electron chi connectivity index (χ4n) is 2.61. The number of rotatable bonds is 5. The van der Waals surface area contributed by atoms with Gasteiger partial charge in [0.05, 0.1) is 17.9 Å². The van der Waals surface area contributed by atoms with Gasteiger partial charge in [0.25, 0.3) is 5.91 Å². The maximum absolute atomic E-state index is 13.0. The lowest BCUT2D eigenvalue weighted by Gasteiger charge is -2.23. The zero-order valence-electron chi connectivity index (χ0n) is 14.2. The number of amides is 1. The third-order valence-corrected chi connectivity index (χ3v) is 3.97. The van der Waals surface area contributed by atoms with Gasteiger partial charge in [-0.25, -0.2) is 4.39 Å². The summed E-state index contributed by atoms with van der Waals surface area (Å²) >= 11 is 0. The molecule has 0 saturated heterocycles. The molecule has 0 aliphatic rings. The highest BCUT2D eigenvalue weighted by atomic mass is 19.1. The van der Waals surface area contributed by atoms with Crippen LogP contribution in [0.25, 0.3) is 6.08 Å². The SMILES string of the molecule is Nc1ccccc1N(Cc1ccccc1)C(=O)C=Cc1ccc(F)cc1. The van der Waals surface area contributed by atoms with E-state index in [9.17, 15) is 9.18 Å². The summed E-state index contributed by atoms with van der Waals surface area (Å²) in [4.78, 5) is 14.5. The number of carbonyl (C=O) groups excluding carboxylic acids is 1. The summed E-state index contributed by atoms with van der Waals surface area (Å²) in [6.07, 6.45) is 3.14. The van der Waals surface area contributed by atoms with Crippen LogP contribution in [-0.4, -0.2) is 5.91 Å². The van der Waals surface area contributed by atoms with Gasteiger partial charge < -0.3 is 10.6 Å². The van der Waals surface area contributed by atoms with Crippen molar-refractivity contribution in [3.8, 4) is 0 Å². The van der Waals surface area contributed by atoms with Gasteiger partial charge in [-0.15, -0.1) is 0 Å². The summed E-state index contributed by atoms with van der Waals surface area (Å²) in [5.74, 6) is -0.507. The van der Waals surface area contributed by atoms with Gasteiger partial charge in [0.1, 0.15) is 5.82 Å². The molecular weight excluding hydrogens is 327 g/mol. The van der Waals surface area contributed by atoms with Crippen LogP contribution in [0.4, 0.5) is 15.8 Å². The molecule has 0 fully saturated rings. The average molecular weight is 346 g/mol. The van der Waals surface area contributed by atoms with Crippen molar-refractivity contribution in [2.45, 2.75) is 6.54 Å². The number of hydrogen-bond donors (Lipinski definition) is 1. The molecule has 4 heteroatoms. The normalized spacial score (nSPS) is 10.8. The maximum atomic E-state index is 13.0. The molecule has 0 heterocycles. The second-order valence-corrected chi connectivity index (χ2v) is 5.85. The van der Waals surface area contributed by atoms with Gasteiger partial charge in [-0.2, -0.15) is 0 Å². The van der Waals surface area contributed by atoms with Crippen LogP contribution in [0.15, 0.2) is 84.9 Å². The van der Waals surface area contributed by atoms with Crippen molar-refractivity contribution >= 4 is 23.4 Å². The number of benzene rings is 3. The number of nitrogen functional groups attached to an aromatic ring is 1. The molecule has 26 heavy (non-hydrogen) atoms. The summed E-state index contributed by atoms with van der Waals surface area (Å²) in [5, 5.41) is 0. The minimum atomic E-state index is -0.309. The highest BCUT2D eigenvalue weighted by Gasteiger charge is 2.16. The predicted molar refractivity (Wildman–Crippen MR) is 104 cm³/mol. The molecule has 3 rings (SSSR count). The molecule has 2 N–H and O–H groups in total. The number of nitrogens with zero attached hydrogens (tertiary/aromatic N) is 1. The van der Waals surface area contributed by atoms with Crippen LogP contribution in [0.3, 0.4) is 0 Å². The highest BCUT2D eigenvalue weighted by Crippen LogP contribution is 2.25. The molecular formula is C22H19FN2O. The van der Waals surface area contributed by atoms with E-state index in [-0.39, 0.29) is 11.7 Å². The Bertz CT molecular complexity index is 905. The van der Waals surface area contributed by atoms with E-state index < -0.39 is 0 Å². The number of nitrogens with two attached hydrogens (primary N) is 1. The Morgan fingerprint density at radius 3 is 2.27 bits per heavy atom. The van der Waals surface area contributed by atoms with E-state index in [1.807, 2.05) is 48.5 Å². The fraction of sp³-hybridized carbons (Fsp3) is 0.0455. The molecule has 130 valence electrons. The zero-order valence-corrected chi connectivity index (χ0v) is 14.2. The second kappa shape index (κ2) is 8.12. The van der Waals surface area contributed by atoms with E-state index in [1.165, 1.54) is 18.2 Å². The summed E-state index contributed by atoms with van der Waals surface area (Å²) in [7, 11) is 0. The topological polar surface area (TPSA) is 46.3 Å². The predicted octanol–water partition coefficient (Wildman–Crippen LogP) is 4.65. The quantitative estimate of drug-likeness (QED) is 0.540. The third-order valence-electron chi connectivity index (χ3n) is 3.97. The Hall–Kier alpha value is -3.40. The smallest absolute Gasteiger partial charge is 0.251 e. The number of carbonyl (C=O) groups is 1. The molecule has 0 aliphatic carbocycles. The van der Waals surface area contributed by atoms with Crippen molar-refractivity contribution in [2.75, 3.05) is 10.6 Å². The largest absolute Gasteiger partial charge is 0.397 e. The Labute approximate surface area is 152 Å². The van der Waals surface area contributed by atoms with Gasteiger partial charge in [0.15, 0.2) is 0 Å². The Morgan fingerprint density at radius 1 is 0.923 bits per heavy atom. The van der Waals surface area contributed by atoms with Crippen molar-refractivity contribution in [3.63, 3.8) is 0 Å². The van der Waals surface area contributed by atoms with Gasteiger partial charge in [0.2, 0.25) is 0 Å². The van der Waals surface area contributed by atoms with Crippen LogP contribution in [0.5, 0.6) is 0 Å². The van der Waals surface area contributed by atoms with Crippen LogP contribution in [-0.2, 0) is 11.3 Å². The molecule has 0 radical (unpaired) electrons. The van der Waals surface area contributed by atoms with E-state index in [1.54, 1.807) is 29.2 Å². The van der Waals surface area contributed by atoms with Crippen molar-refractivity contribution < 1.29 is 9.18 Å². The first-order valence-electron chi connectivity index (χ1n) is 8.27. The van der Waals surface area contributed by atoms with Crippen LogP contribution >= 0.6 is 0 Å². The zero-order chi connectivity index (χ0) is 18.4. The Kier molecular flexibility index (Phi) is 5.44. The molecule has 3 nitrogen and oxygen atoms in total. The van der Waals surface area contributed by atoms with E-state index in [4.69, 9.17) is 5.73 Å². The summed E-state index contributed by atoms with van der Waals surface area (Å²) in [5.41, 5.74) is 9.02. The summed E-state index contributed by atoms with van der Waals surface area (Å²) in [6.45, 7) is 0.404. The van der Waals surface area contributed by atoms with Crippen LogP contribution < -0.4 is 10.6 Å². The second-order valence-electron chi connectivity index (χ2n) is 5.85. The fourth-order valence-corrected chi connectivity index (χ4v) is 2.61. The van der Waals surface area contributed by atoms with E-state index in [0.29, 0.717) is 17.9 Å². The first-order chi connectivity index (χ1) is 12.6. The first kappa shape index (κ1) is 17.4. The first-order valence-corrected chi connectivity index (χ1v) is 8.27. The van der Waals surface area contributed by atoms with E-state index >= 15 is 0 Å². The van der Waals surface area contributed by atoms with E-state index in [2.05, 4.69) is 0 Å². The van der Waals surface area contributed by atoms with Gasteiger partial charge in [-0.1, -0.05) is 54.6 Å². The molecule has 0 aliphatic heterocycles. The van der Waals surface area contributed by atoms with Gasteiger partial charge in [0, 0.05) is 6.08 Å². The van der Waals surface area contributed by atoms with Crippen LogP contribution in [0.1, 0.15) is 11.1 Å². The standard InChI is InChI=1S/C22H19FN2O/c23-19-13-10-17(11-14-19)12-15-22(26)25(16-18-6-2-1-3-7-18)21-9-5-4-8-20(21)24/h1-15H,16,24H2. The summed E-state index contributed by atoms with van der Waals surface area (Å²) < 4.78 is 13.0. The van der Waals surface area contributed by atoms with Gasteiger partial charge in [-0.05, 0) is 41.5 Å². The molecule has 1 amide bonds. The minimum absolute atomic E-state index is 0.198. The number of anilines is 2. The Balaban J connectivity index is 1.88. The summed E-state index contributed by atoms with van der Waals surface area (Å²) in [6, 6.07) is 23.0. The molecule has 0 atom stereocenters. The lowest BCUT2D eigenvalue weighted by Crippen LogP contribution is -2.29. The minimum Gasteiger partial charge on any atom is -0.397 e. The molecule has 0 unspecified atom stereocenters. The van der Waals surface area contributed by atoms with Crippen molar-refractivity contribution in [3.05, 3.63) is 102 Å². The molecule has 0 bridgehead atoms. The number of halogens is 1. The number of hydrogen-bond acceptors (Lipinski definition) is 2. The third kappa shape index (κ3) is 4.36. The average Bonchev–Trinajstić information content (AvgIpc) is 2.67. The lowest BCUT2D eigenvalue weighted by atomic mass is 10.1. The van der Waals surface area contributed by atoms with Crippen LogP contribution in [0, 0.1) is 5.82 Å². The van der Waals surface area contributed by atoms with Crippen molar-refractivity contribution in [1.82, 2.24) is 0 Å². The van der Waals surface area contributed by atoms with Crippen molar-refractivity contribution in [1.29, 1.82) is 0 Å². The van der Waals surface area contributed by atoms with Gasteiger partial charge >= 0.3 is 0 Å². The van der Waals surface area contributed by atoms with Crippen molar-refractivity contribution in [2.24, 2.45) is 0 Å². The van der Waals surface area contributed by atoms with E-state index in [0.717, 1.165) is 11.1 Å². The molecule has 3 aromatic rings. The lowest BCUT2D eigenvalue weighted by molar-refractivity contribution is -0.114. The van der Waals surface area contributed by atoms with Crippen LogP contribution in [0.2, 0.25) is 0 Å². The molecule has 0 aromatic heterocycles. The Morgan fingerprint density at radius 2 is 1.58 bits per heavy atom. The monoisotopic (exact) mass is 346 g/mol. The maximum Gasteiger partial charge on any atom is 0.251 e. The highest BCUT2D eigenvalue weighted by molar-refractivity contribution is 6.05. The number of para-hydroxylation sites is 2. The molecule has 3 aromatic carbocycles. The molecule has 0 spiro atoms. The molecule has 0 saturated carbocycles. The van der Waals surface area contributed by atoms with Gasteiger partial charge in [-0.3, -0.25) is 4.79 Å².